The third-order valence-electron chi connectivity index (χ3n) is 2.10. The van der Waals surface area contributed by atoms with Gasteiger partial charge in [-0.1, -0.05) is 0 Å². The molecule has 7 nitrogen and oxygen atoms in total. The molecule has 0 aromatic heterocycles. The Hall–Kier alpha value is -1.69. The maximum Gasteiger partial charge on any atom is 0.356 e. The number of esters is 2. The summed E-state index contributed by atoms with van der Waals surface area (Å²) in [5.74, 6) is -1.62. The lowest BCUT2D eigenvalue weighted by atomic mass is 10.1. The van der Waals surface area contributed by atoms with E-state index in [1.165, 1.54) is 0 Å². The molecule has 0 unspecified atom stereocenters. The number of ether oxygens (including phenoxy) is 2. The minimum Gasteiger partial charge on any atom is -0.465 e. The SMILES string of the molecule is COC(=O)c1cc(C(=O)OC)cc(P(=O)(O)O)c1. The molecule has 0 bridgehead atoms. The van der Waals surface area contributed by atoms with Gasteiger partial charge < -0.3 is 19.3 Å². The number of benzene rings is 1. The Morgan fingerprint density at radius 2 is 1.39 bits per heavy atom. The van der Waals surface area contributed by atoms with E-state index in [-0.39, 0.29) is 11.1 Å². The van der Waals surface area contributed by atoms with Gasteiger partial charge in [0, 0.05) is 0 Å². The molecule has 0 amide bonds. The molecule has 0 saturated carbocycles. The number of hydrogen-bond acceptors (Lipinski definition) is 5. The van der Waals surface area contributed by atoms with Crippen molar-refractivity contribution >= 4 is 24.8 Å². The Kier molecular flexibility index (Phi) is 4.24. The highest BCUT2D eigenvalue weighted by molar-refractivity contribution is 7.60. The van der Waals surface area contributed by atoms with E-state index in [0.717, 1.165) is 32.4 Å². The molecule has 0 spiro atoms. The first-order valence-corrected chi connectivity index (χ1v) is 6.28. The Balaban J connectivity index is 3.43. The molecule has 0 saturated heterocycles. The first-order valence-electron chi connectivity index (χ1n) is 4.67. The molecule has 0 heterocycles. The predicted octanol–water partition coefficient (Wildman–Crippen LogP) is 0.0628. The molecule has 0 fully saturated rings. The minimum absolute atomic E-state index is 0.140. The predicted molar refractivity (Wildman–Crippen MR) is 60.8 cm³/mol. The molecule has 0 aliphatic heterocycles. The van der Waals surface area contributed by atoms with Crippen molar-refractivity contribution in [2.75, 3.05) is 14.2 Å². The molecule has 0 radical (unpaired) electrons. The molecule has 1 rings (SSSR count). The quantitative estimate of drug-likeness (QED) is 0.592. The van der Waals surface area contributed by atoms with E-state index < -0.39 is 24.8 Å². The molecule has 2 N–H and O–H groups in total. The van der Waals surface area contributed by atoms with Gasteiger partial charge in [-0.25, -0.2) is 9.59 Å². The van der Waals surface area contributed by atoms with Crippen molar-refractivity contribution < 1.29 is 33.4 Å². The van der Waals surface area contributed by atoms with E-state index in [0.29, 0.717) is 0 Å². The van der Waals surface area contributed by atoms with Gasteiger partial charge in [0.15, 0.2) is 0 Å². The van der Waals surface area contributed by atoms with Crippen LogP contribution in [0.1, 0.15) is 20.7 Å². The van der Waals surface area contributed by atoms with Crippen LogP contribution in [0.4, 0.5) is 0 Å². The Morgan fingerprint density at radius 1 is 1.00 bits per heavy atom. The van der Waals surface area contributed by atoms with E-state index in [1.807, 2.05) is 0 Å². The Morgan fingerprint density at radius 3 is 1.67 bits per heavy atom. The van der Waals surface area contributed by atoms with Gasteiger partial charge in [-0.15, -0.1) is 0 Å². The molecular formula is C10H11O7P. The van der Waals surface area contributed by atoms with E-state index in [2.05, 4.69) is 9.47 Å². The minimum atomic E-state index is -4.59. The highest BCUT2D eigenvalue weighted by Crippen LogP contribution is 2.33. The summed E-state index contributed by atoms with van der Waals surface area (Å²) in [7, 11) is -2.36. The van der Waals surface area contributed by atoms with Crippen LogP contribution in [0.2, 0.25) is 0 Å². The molecule has 1 aromatic carbocycles. The fourth-order valence-electron chi connectivity index (χ4n) is 1.25. The van der Waals surface area contributed by atoms with E-state index in [1.54, 1.807) is 0 Å². The molecule has 0 aliphatic rings. The van der Waals surface area contributed by atoms with Crippen molar-refractivity contribution in [1.29, 1.82) is 0 Å². The highest BCUT2D eigenvalue weighted by atomic mass is 31.2. The molecule has 0 atom stereocenters. The fourth-order valence-corrected chi connectivity index (χ4v) is 1.87. The lowest BCUT2D eigenvalue weighted by Gasteiger charge is -2.08. The summed E-state index contributed by atoms with van der Waals surface area (Å²) in [6, 6.07) is 3.08. The zero-order chi connectivity index (χ0) is 13.9. The highest BCUT2D eigenvalue weighted by Gasteiger charge is 2.22. The van der Waals surface area contributed by atoms with Crippen molar-refractivity contribution in [3.63, 3.8) is 0 Å². The smallest absolute Gasteiger partial charge is 0.356 e. The normalized spacial score (nSPS) is 10.9. The molecule has 8 heteroatoms. The lowest BCUT2D eigenvalue weighted by Crippen LogP contribution is -2.14. The van der Waals surface area contributed by atoms with Crippen molar-refractivity contribution in [1.82, 2.24) is 0 Å². The van der Waals surface area contributed by atoms with Crippen molar-refractivity contribution in [2.45, 2.75) is 0 Å². The number of carbonyl (C=O) groups excluding carboxylic acids is 2. The average molecular weight is 274 g/mol. The zero-order valence-corrected chi connectivity index (χ0v) is 10.5. The number of hydrogen-bond donors (Lipinski definition) is 2. The monoisotopic (exact) mass is 274 g/mol. The number of rotatable bonds is 3. The Labute approximate surface area is 102 Å². The van der Waals surface area contributed by atoms with Crippen LogP contribution in [0.15, 0.2) is 18.2 Å². The summed E-state index contributed by atoms with van der Waals surface area (Å²) < 4.78 is 20.0. The second kappa shape index (κ2) is 5.30. The summed E-state index contributed by atoms with van der Waals surface area (Å²) >= 11 is 0. The van der Waals surface area contributed by atoms with Crippen LogP contribution in [0, 0.1) is 0 Å². The van der Waals surface area contributed by atoms with Crippen molar-refractivity contribution in [3.05, 3.63) is 29.3 Å². The maximum absolute atomic E-state index is 11.3. The van der Waals surface area contributed by atoms with Gasteiger partial charge in [-0.3, -0.25) is 4.57 Å². The second-order valence-corrected chi connectivity index (χ2v) is 4.90. The standard InChI is InChI=1S/C10H11O7P/c1-16-9(11)6-3-7(10(12)17-2)5-8(4-6)18(13,14)15/h3-5H,1-2H3,(H2,13,14,15). The van der Waals surface area contributed by atoms with E-state index >= 15 is 0 Å². The van der Waals surface area contributed by atoms with Gasteiger partial charge in [0.2, 0.25) is 0 Å². The van der Waals surface area contributed by atoms with Gasteiger partial charge in [0.05, 0.1) is 30.7 Å². The first-order chi connectivity index (χ1) is 8.29. The van der Waals surface area contributed by atoms with E-state index in [4.69, 9.17) is 9.79 Å². The first kappa shape index (κ1) is 14.4. The molecule has 18 heavy (non-hydrogen) atoms. The van der Waals surface area contributed by atoms with Crippen LogP contribution in [-0.2, 0) is 14.0 Å². The van der Waals surface area contributed by atoms with Gasteiger partial charge in [-0.05, 0) is 18.2 Å². The molecular weight excluding hydrogens is 263 g/mol. The van der Waals surface area contributed by atoms with Gasteiger partial charge in [0.1, 0.15) is 0 Å². The van der Waals surface area contributed by atoms with Crippen LogP contribution in [0.25, 0.3) is 0 Å². The Bertz CT molecular complexity index is 497. The van der Waals surface area contributed by atoms with Crippen LogP contribution in [0.5, 0.6) is 0 Å². The number of carbonyl (C=O) groups is 2. The third-order valence-corrected chi connectivity index (χ3v) is 3.03. The van der Waals surface area contributed by atoms with Gasteiger partial charge in [0.25, 0.3) is 0 Å². The van der Waals surface area contributed by atoms with Crippen LogP contribution in [0.3, 0.4) is 0 Å². The third kappa shape index (κ3) is 3.16. The maximum atomic E-state index is 11.3. The average Bonchev–Trinajstić information content (AvgIpc) is 2.35. The molecule has 0 aliphatic carbocycles. The summed E-state index contributed by atoms with van der Waals surface area (Å²) in [6.07, 6.45) is 0. The summed E-state index contributed by atoms with van der Waals surface area (Å²) in [4.78, 5) is 40.8. The molecule has 98 valence electrons. The molecule has 1 aromatic rings. The summed E-state index contributed by atoms with van der Waals surface area (Å²) in [5.41, 5.74) is -0.280. The van der Waals surface area contributed by atoms with Crippen molar-refractivity contribution in [3.8, 4) is 0 Å². The topological polar surface area (TPSA) is 110 Å². The van der Waals surface area contributed by atoms with E-state index in [9.17, 15) is 14.2 Å². The fraction of sp³-hybridized carbons (Fsp3) is 0.200. The summed E-state index contributed by atoms with van der Waals surface area (Å²) in [6.45, 7) is 0. The second-order valence-electron chi connectivity index (χ2n) is 3.30. The van der Waals surface area contributed by atoms with Crippen LogP contribution >= 0.6 is 7.60 Å². The van der Waals surface area contributed by atoms with Crippen molar-refractivity contribution in [2.24, 2.45) is 0 Å². The number of methoxy groups -OCH3 is 2. The van der Waals surface area contributed by atoms with Crippen LogP contribution in [-0.4, -0.2) is 35.9 Å². The van der Waals surface area contributed by atoms with Gasteiger partial charge >= 0.3 is 19.5 Å². The zero-order valence-electron chi connectivity index (χ0n) is 9.61. The lowest BCUT2D eigenvalue weighted by molar-refractivity contribution is 0.0599. The largest absolute Gasteiger partial charge is 0.465 e. The van der Waals surface area contributed by atoms with Gasteiger partial charge in [-0.2, -0.15) is 0 Å². The van der Waals surface area contributed by atoms with Crippen LogP contribution < -0.4 is 5.30 Å². The summed E-state index contributed by atoms with van der Waals surface area (Å²) in [5, 5.41) is -0.453.